The summed E-state index contributed by atoms with van der Waals surface area (Å²) in [6, 6.07) is 18.1. The summed E-state index contributed by atoms with van der Waals surface area (Å²) in [6.45, 7) is 3.17. The van der Waals surface area contributed by atoms with Gasteiger partial charge >= 0.3 is 0 Å². The minimum atomic E-state index is -0.239. The molecule has 3 aromatic rings. The van der Waals surface area contributed by atoms with Crippen LogP contribution in [0.15, 0.2) is 59.8 Å². The fourth-order valence-electron chi connectivity index (χ4n) is 2.69. The van der Waals surface area contributed by atoms with Gasteiger partial charge in [0.15, 0.2) is 5.16 Å². The van der Waals surface area contributed by atoms with Crippen molar-refractivity contribution in [3.8, 4) is 5.69 Å². The highest BCUT2D eigenvalue weighted by Gasteiger charge is 2.19. The fourth-order valence-corrected chi connectivity index (χ4v) is 3.66. The lowest BCUT2D eigenvalue weighted by atomic mass is 10.3. The molecule has 0 aliphatic rings. The Labute approximate surface area is 157 Å². The Hall–Kier alpha value is -2.31. The molecule has 1 aromatic heterocycles. The molecule has 26 heavy (non-hydrogen) atoms. The van der Waals surface area contributed by atoms with Gasteiger partial charge in [-0.05, 0) is 37.6 Å². The van der Waals surface area contributed by atoms with Crippen molar-refractivity contribution in [1.29, 1.82) is 0 Å². The molecule has 1 unspecified atom stereocenters. The average Bonchev–Trinajstić information content (AvgIpc) is 3.03. The fraction of sp³-hybridized carbons (Fsp3) is 0.300. The van der Waals surface area contributed by atoms with Gasteiger partial charge in [-0.15, -0.1) is 0 Å². The van der Waals surface area contributed by atoms with Crippen LogP contribution in [0.4, 0.5) is 0 Å². The summed E-state index contributed by atoms with van der Waals surface area (Å²) in [4.78, 5) is 17.1. The van der Waals surface area contributed by atoms with E-state index in [2.05, 4.69) is 16.0 Å². The van der Waals surface area contributed by atoms with E-state index in [1.807, 2.05) is 55.5 Å². The molecule has 3 rings (SSSR count). The number of benzene rings is 2. The lowest BCUT2D eigenvalue weighted by Crippen LogP contribution is -2.32. The molecule has 1 heterocycles. The van der Waals surface area contributed by atoms with Crippen LogP contribution < -0.4 is 5.32 Å². The van der Waals surface area contributed by atoms with Crippen molar-refractivity contribution in [3.05, 3.63) is 54.6 Å². The van der Waals surface area contributed by atoms with E-state index >= 15 is 0 Å². The van der Waals surface area contributed by atoms with Gasteiger partial charge in [0.2, 0.25) is 5.91 Å². The average molecular weight is 369 g/mol. The zero-order valence-corrected chi connectivity index (χ0v) is 15.8. The van der Waals surface area contributed by atoms with E-state index in [1.165, 1.54) is 11.8 Å². The number of para-hydroxylation sites is 3. The number of thioether (sulfide) groups is 1. The van der Waals surface area contributed by atoms with Gasteiger partial charge < -0.3 is 10.1 Å². The lowest BCUT2D eigenvalue weighted by molar-refractivity contribution is -0.120. The summed E-state index contributed by atoms with van der Waals surface area (Å²) >= 11 is 1.47. The first kappa shape index (κ1) is 18.5. The predicted octanol–water partition coefficient (Wildman–Crippen LogP) is 3.66. The van der Waals surface area contributed by atoms with Crippen molar-refractivity contribution in [3.63, 3.8) is 0 Å². The molecule has 0 bridgehead atoms. The number of imidazole rings is 1. The lowest BCUT2D eigenvalue weighted by Gasteiger charge is -2.13. The smallest absolute Gasteiger partial charge is 0.233 e. The summed E-state index contributed by atoms with van der Waals surface area (Å²) in [6.07, 6.45) is 0.808. The number of fused-ring (bicyclic) bond motifs is 1. The highest BCUT2D eigenvalue weighted by Crippen LogP contribution is 2.30. The summed E-state index contributed by atoms with van der Waals surface area (Å²) in [5, 5.41) is 3.53. The second-order valence-corrected chi connectivity index (χ2v) is 7.26. The minimum Gasteiger partial charge on any atom is -0.385 e. The second-order valence-electron chi connectivity index (χ2n) is 5.95. The van der Waals surface area contributed by atoms with Crippen molar-refractivity contribution in [1.82, 2.24) is 14.9 Å². The third-order valence-corrected chi connectivity index (χ3v) is 5.07. The Balaban J connectivity index is 1.82. The third-order valence-electron chi connectivity index (χ3n) is 4.02. The van der Waals surface area contributed by atoms with Gasteiger partial charge in [-0.1, -0.05) is 42.1 Å². The molecule has 0 fully saturated rings. The molecule has 2 aromatic carbocycles. The number of rotatable bonds is 8. The van der Waals surface area contributed by atoms with Crippen molar-refractivity contribution in [2.75, 3.05) is 20.3 Å². The van der Waals surface area contributed by atoms with Gasteiger partial charge in [-0.3, -0.25) is 9.36 Å². The molecule has 0 aliphatic heterocycles. The number of aromatic nitrogens is 2. The number of hydrogen-bond donors (Lipinski definition) is 1. The van der Waals surface area contributed by atoms with Crippen LogP contribution in [-0.4, -0.2) is 41.0 Å². The molecule has 0 saturated heterocycles. The monoisotopic (exact) mass is 369 g/mol. The van der Waals surface area contributed by atoms with Gasteiger partial charge in [0.25, 0.3) is 0 Å². The molecule has 5 nitrogen and oxygen atoms in total. The maximum absolute atomic E-state index is 12.4. The van der Waals surface area contributed by atoms with Gasteiger partial charge in [0.1, 0.15) is 0 Å². The van der Waals surface area contributed by atoms with Crippen LogP contribution in [0.5, 0.6) is 0 Å². The molecule has 1 N–H and O–H groups in total. The molecule has 0 radical (unpaired) electrons. The highest BCUT2D eigenvalue weighted by molar-refractivity contribution is 8.00. The number of carbonyl (C=O) groups is 1. The molecule has 1 atom stereocenters. The minimum absolute atomic E-state index is 0.0118. The Kier molecular flexibility index (Phi) is 6.30. The van der Waals surface area contributed by atoms with Crippen molar-refractivity contribution < 1.29 is 9.53 Å². The van der Waals surface area contributed by atoms with Crippen LogP contribution in [-0.2, 0) is 9.53 Å². The van der Waals surface area contributed by atoms with E-state index in [9.17, 15) is 4.79 Å². The quantitative estimate of drug-likeness (QED) is 0.486. The third kappa shape index (κ3) is 4.26. The second kappa shape index (κ2) is 8.87. The maximum atomic E-state index is 12.4. The van der Waals surface area contributed by atoms with Crippen LogP contribution in [0.25, 0.3) is 16.7 Å². The zero-order chi connectivity index (χ0) is 18.4. The largest absolute Gasteiger partial charge is 0.385 e. The number of nitrogens with one attached hydrogen (secondary N) is 1. The number of amides is 1. The van der Waals surface area contributed by atoms with Crippen molar-refractivity contribution in [2.24, 2.45) is 0 Å². The zero-order valence-electron chi connectivity index (χ0n) is 15.0. The normalized spacial score (nSPS) is 12.2. The van der Waals surface area contributed by atoms with E-state index < -0.39 is 0 Å². The maximum Gasteiger partial charge on any atom is 0.233 e. The van der Waals surface area contributed by atoms with Gasteiger partial charge in [-0.25, -0.2) is 4.98 Å². The molecular weight excluding hydrogens is 346 g/mol. The first-order chi connectivity index (χ1) is 12.7. The Bertz CT molecular complexity index is 864. The number of hydrogen-bond acceptors (Lipinski definition) is 4. The van der Waals surface area contributed by atoms with Crippen LogP contribution in [0.3, 0.4) is 0 Å². The molecule has 0 saturated carbocycles. The molecule has 6 heteroatoms. The van der Waals surface area contributed by atoms with Crippen LogP contribution in [0, 0.1) is 0 Å². The van der Waals surface area contributed by atoms with Crippen molar-refractivity contribution >= 4 is 28.7 Å². The topological polar surface area (TPSA) is 56.1 Å². The van der Waals surface area contributed by atoms with Gasteiger partial charge in [0.05, 0.1) is 16.3 Å². The number of carbonyl (C=O) groups excluding carboxylic acids is 1. The number of ether oxygens (including phenoxy) is 1. The predicted molar refractivity (Wildman–Crippen MR) is 106 cm³/mol. The summed E-state index contributed by atoms with van der Waals surface area (Å²) in [7, 11) is 1.66. The molecule has 0 spiro atoms. The summed E-state index contributed by atoms with van der Waals surface area (Å²) in [5.41, 5.74) is 3.00. The number of methoxy groups -OCH3 is 1. The molecule has 0 aliphatic carbocycles. The summed E-state index contributed by atoms with van der Waals surface area (Å²) < 4.78 is 7.11. The van der Waals surface area contributed by atoms with Gasteiger partial charge in [-0.2, -0.15) is 0 Å². The highest BCUT2D eigenvalue weighted by atomic mass is 32.2. The molecule has 136 valence electrons. The van der Waals surface area contributed by atoms with Crippen LogP contribution >= 0.6 is 11.8 Å². The molecular formula is C20H23N3O2S. The Morgan fingerprint density at radius 2 is 1.92 bits per heavy atom. The van der Waals surface area contributed by atoms with Crippen LogP contribution in [0.1, 0.15) is 13.3 Å². The summed E-state index contributed by atoms with van der Waals surface area (Å²) in [5.74, 6) is 0.0118. The Morgan fingerprint density at radius 3 is 2.69 bits per heavy atom. The van der Waals surface area contributed by atoms with E-state index in [4.69, 9.17) is 9.72 Å². The Morgan fingerprint density at radius 1 is 1.19 bits per heavy atom. The first-order valence-electron chi connectivity index (χ1n) is 8.67. The van der Waals surface area contributed by atoms with E-state index in [0.29, 0.717) is 13.2 Å². The van der Waals surface area contributed by atoms with Crippen LogP contribution in [0.2, 0.25) is 0 Å². The van der Waals surface area contributed by atoms with E-state index in [0.717, 1.165) is 28.3 Å². The SMILES string of the molecule is COCCCNC(=O)C(C)Sc1nc2ccccc2n1-c1ccccc1. The van der Waals surface area contributed by atoms with Crippen molar-refractivity contribution in [2.45, 2.75) is 23.8 Å². The number of nitrogens with zero attached hydrogens (tertiary/aromatic N) is 2. The first-order valence-corrected chi connectivity index (χ1v) is 9.55. The van der Waals surface area contributed by atoms with E-state index in [1.54, 1.807) is 7.11 Å². The molecule has 1 amide bonds. The van der Waals surface area contributed by atoms with Gasteiger partial charge in [0, 0.05) is 25.9 Å². The van der Waals surface area contributed by atoms with E-state index in [-0.39, 0.29) is 11.2 Å². The standard InChI is InChI=1S/C20H23N3O2S/c1-15(19(24)21-13-8-14-25-2)26-20-22-17-11-6-7-12-18(17)23(20)16-9-4-3-5-10-16/h3-7,9-12,15H,8,13-14H2,1-2H3,(H,21,24).